The van der Waals surface area contributed by atoms with Crippen molar-refractivity contribution in [2.75, 3.05) is 0 Å². The van der Waals surface area contributed by atoms with Crippen LogP contribution >= 0.6 is 0 Å². The van der Waals surface area contributed by atoms with Crippen molar-refractivity contribution in [1.29, 1.82) is 0 Å². The molecule has 0 bridgehead atoms. The molecule has 4 aromatic rings. The third kappa shape index (κ3) is 2.91. The van der Waals surface area contributed by atoms with E-state index < -0.39 is 0 Å². The summed E-state index contributed by atoms with van der Waals surface area (Å²) in [6, 6.07) is 18.8. The molecule has 0 fully saturated rings. The molecule has 0 saturated heterocycles. The Kier molecular flexibility index (Phi) is 3.97. The molecule has 0 saturated carbocycles. The number of nitrogens with zero attached hydrogens (tertiary/aromatic N) is 3. The number of aryl methyl sites for hydroxylation is 3. The molecule has 3 heterocycles. The summed E-state index contributed by atoms with van der Waals surface area (Å²) in [4.78, 5) is 0. The van der Waals surface area contributed by atoms with Crippen molar-refractivity contribution < 1.29 is 4.74 Å². The number of benzene rings is 2. The molecule has 0 spiro atoms. The summed E-state index contributed by atoms with van der Waals surface area (Å²) >= 11 is 0. The maximum atomic E-state index is 5.97. The van der Waals surface area contributed by atoms with Gasteiger partial charge < -0.3 is 9.30 Å². The molecule has 136 valence electrons. The molecule has 2 aromatic carbocycles. The highest BCUT2D eigenvalue weighted by molar-refractivity contribution is 5.75. The van der Waals surface area contributed by atoms with E-state index in [1.165, 1.54) is 40.7 Å². The fourth-order valence-electron chi connectivity index (χ4n) is 3.99. The lowest BCUT2D eigenvalue weighted by Gasteiger charge is -2.08. The van der Waals surface area contributed by atoms with Crippen LogP contribution in [0.5, 0.6) is 5.75 Å². The zero-order valence-electron chi connectivity index (χ0n) is 15.6. The largest absolute Gasteiger partial charge is 0.486 e. The van der Waals surface area contributed by atoms with Crippen LogP contribution < -0.4 is 4.74 Å². The molecule has 0 amide bonds. The van der Waals surface area contributed by atoms with Gasteiger partial charge in [0.2, 0.25) is 0 Å². The van der Waals surface area contributed by atoms with Gasteiger partial charge in [-0.05, 0) is 43.9 Å². The Labute approximate surface area is 159 Å². The summed E-state index contributed by atoms with van der Waals surface area (Å²) in [5.41, 5.74) is 6.52. The lowest BCUT2D eigenvalue weighted by atomic mass is 10.00. The smallest absolute Gasteiger partial charge is 0.169 e. The molecule has 4 nitrogen and oxygen atoms in total. The zero-order valence-corrected chi connectivity index (χ0v) is 15.6. The van der Waals surface area contributed by atoms with Gasteiger partial charge in [-0.25, -0.2) is 4.52 Å². The Morgan fingerprint density at radius 3 is 2.63 bits per heavy atom. The molecule has 0 radical (unpaired) electrons. The second-order valence-electron chi connectivity index (χ2n) is 7.28. The Balaban J connectivity index is 1.54. The van der Waals surface area contributed by atoms with Gasteiger partial charge in [0, 0.05) is 23.9 Å². The van der Waals surface area contributed by atoms with Crippen LogP contribution in [-0.4, -0.2) is 14.2 Å². The first kappa shape index (κ1) is 16.2. The first-order valence-electron chi connectivity index (χ1n) is 9.64. The highest BCUT2D eigenvalue weighted by Gasteiger charge is 2.22. The van der Waals surface area contributed by atoms with Crippen LogP contribution in [0.25, 0.3) is 16.8 Å². The molecule has 4 heteroatoms. The molecule has 27 heavy (non-hydrogen) atoms. The van der Waals surface area contributed by atoms with E-state index in [2.05, 4.69) is 46.5 Å². The molecule has 0 N–H and O–H groups in total. The standard InChI is InChI=1S/C23H23N3O/c1-17-10-12-18(13-11-17)21-15-26-23-20(21)9-5-6-14-25(23)22(24-26)16-27-19-7-3-2-4-8-19/h2-4,7-8,10-13,15H,5-6,9,14,16H2,1H3. The number of hydrogen-bond donors (Lipinski definition) is 0. The first-order chi connectivity index (χ1) is 13.3. The van der Waals surface area contributed by atoms with Crippen molar-refractivity contribution in [2.24, 2.45) is 0 Å². The van der Waals surface area contributed by atoms with Crippen LogP contribution in [0, 0.1) is 6.92 Å². The summed E-state index contributed by atoms with van der Waals surface area (Å²) in [6.45, 7) is 3.62. The van der Waals surface area contributed by atoms with Gasteiger partial charge in [-0.3, -0.25) is 0 Å². The second kappa shape index (κ2) is 6.62. The topological polar surface area (TPSA) is 31.5 Å². The van der Waals surface area contributed by atoms with Gasteiger partial charge in [-0.15, -0.1) is 5.10 Å². The Bertz CT molecular complexity index is 1070. The minimum atomic E-state index is 0.491. The predicted molar refractivity (Wildman–Crippen MR) is 107 cm³/mol. The lowest BCUT2D eigenvalue weighted by Crippen LogP contribution is -2.07. The quantitative estimate of drug-likeness (QED) is 0.513. The van der Waals surface area contributed by atoms with E-state index in [0.717, 1.165) is 24.5 Å². The van der Waals surface area contributed by atoms with Crippen molar-refractivity contribution in [1.82, 2.24) is 14.2 Å². The van der Waals surface area contributed by atoms with Crippen LogP contribution in [0.2, 0.25) is 0 Å². The van der Waals surface area contributed by atoms with Crippen molar-refractivity contribution in [3.05, 3.63) is 77.7 Å². The van der Waals surface area contributed by atoms with E-state index >= 15 is 0 Å². The maximum absolute atomic E-state index is 5.97. The summed E-state index contributed by atoms with van der Waals surface area (Å²) < 4.78 is 10.4. The molecule has 0 atom stereocenters. The Morgan fingerprint density at radius 2 is 1.81 bits per heavy atom. The van der Waals surface area contributed by atoms with Gasteiger partial charge in [0.05, 0.1) is 0 Å². The highest BCUT2D eigenvalue weighted by Crippen LogP contribution is 2.33. The van der Waals surface area contributed by atoms with Crippen LogP contribution in [0.4, 0.5) is 0 Å². The van der Waals surface area contributed by atoms with Crippen molar-refractivity contribution in [2.45, 2.75) is 39.3 Å². The third-order valence-electron chi connectivity index (χ3n) is 5.39. The van der Waals surface area contributed by atoms with E-state index in [-0.39, 0.29) is 0 Å². The lowest BCUT2D eigenvalue weighted by molar-refractivity contribution is 0.288. The minimum absolute atomic E-state index is 0.491. The van der Waals surface area contributed by atoms with Gasteiger partial charge in [-0.1, -0.05) is 48.0 Å². The van der Waals surface area contributed by atoms with Gasteiger partial charge in [0.1, 0.15) is 18.0 Å². The monoisotopic (exact) mass is 357 g/mol. The number of para-hydroxylation sites is 1. The van der Waals surface area contributed by atoms with Crippen LogP contribution in [0.1, 0.15) is 29.8 Å². The Hall–Kier alpha value is -3.01. The maximum Gasteiger partial charge on any atom is 0.169 e. The van der Waals surface area contributed by atoms with Gasteiger partial charge in [0.25, 0.3) is 0 Å². The molecule has 0 unspecified atom stereocenters. The van der Waals surface area contributed by atoms with Gasteiger partial charge in [-0.2, -0.15) is 0 Å². The predicted octanol–water partition coefficient (Wildman–Crippen LogP) is 5.03. The minimum Gasteiger partial charge on any atom is -0.486 e. The van der Waals surface area contributed by atoms with Gasteiger partial charge >= 0.3 is 0 Å². The number of ether oxygens (including phenoxy) is 1. The van der Waals surface area contributed by atoms with Crippen LogP contribution in [0.15, 0.2) is 60.8 Å². The second-order valence-corrected chi connectivity index (χ2v) is 7.28. The van der Waals surface area contributed by atoms with E-state index in [4.69, 9.17) is 9.84 Å². The van der Waals surface area contributed by atoms with Crippen LogP contribution in [0.3, 0.4) is 0 Å². The van der Waals surface area contributed by atoms with E-state index in [0.29, 0.717) is 6.61 Å². The summed E-state index contributed by atoms with van der Waals surface area (Å²) in [5.74, 6) is 1.87. The zero-order chi connectivity index (χ0) is 18.2. The molecule has 2 aromatic heterocycles. The summed E-state index contributed by atoms with van der Waals surface area (Å²) in [7, 11) is 0. The van der Waals surface area contributed by atoms with E-state index in [1.807, 2.05) is 30.3 Å². The molecule has 0 aliphatic carbocycles. The normalized spacial score (nSPS) is 13.7. The summed E-state index contributed by atoms with van der Waals surface area (Å²) in [5, 5.41) is 4.86. The van der Waals surface area contributed by atoms with Crippen molar-refractivity contribution >= 4 is 5.65 Å². The number of aromatic nitrogens is 3. The molecular weight excluding hydrogens is 334 g/mol. The molecule has 5 rings (SSSR count). The fraction of sp³-hybridized carbons (Fsp3) is 0.261. The Morgan fingerprint density at radius 1 is 1.00 bits per heavy atom. The van der Waals surface area contributed by atoms with Crippen molar-refractivity contribution in [3.8, 4) is 16.9 Å². The van der Waals surface area contributed by atoms with Gasteiger partial charge in [0.15, 0.2) is 5.82 Å². The summed E-state index contributed by atoms with van der Waals surface area (Å²) in [6.07, 6.45) is 5.67. The molecule has 1 aliphatic heterocycles. The fourth-order valence-corrected chi connectivity index (χ4v) is 3.99. The van der Waals surface area contributed by atoms with E-state index in [1.54, 1.807) is 0 Å². The number of hydrogen-bond acceptors (Lipinski definition) is 2. The molecular formula is C23H23N3O. The SMILES string of the molecule is Cc1ccc(-c2cn3nc(COc4ccccc4)n4c3c2CCCC4)cc1. The number of rotatable bonds is 4. The van der Waals surface area contributed by atoms with Crippen molar-refractivity contribution in [3.63, 3.8) is 0 Å². The molecule has 1 aliphatic rings. The first-order valence-corrected chi connectivity index (χ1v) is 9.64. The highest BCUT2D eigenvalue weighted by atomic mass is 16.5. The average molecular weight is 357 g/mol. The van der Waals surface area contributed by atoms with E-state index in [9.17, 15) is 0 Å². The average Bonchev–Trinajstić information content (AvgIpc) is 3.11. The third-order valence-corrected chi connectivity index (χ3v) is 5.39. The van der Waals surface area contributed by atoms with Crippen LogP contribution in [-0.2, 0) is 19.6 Å².